The van der Waals surface area contributed by atoms with Gasteiger partial charge in [-0.15, -0.1) is 0 Å². The van der Waals surface area contributed by atoms with Crippen LogP contribution in [0.3, 0.4) is 0 Å². The Kier molecular flexibility index (Phi) is 5.77. The zero-order chi connectivity index (χ0) is 11.2. The summed E-state index contributed by atoms with van der Waals surface area (Å²) in [6.45, 7) is 11.2. The van der Waals surface area contributed by atoms with Crippen LogP contribution < -0.4 is 5.32 Å². The molecule has 0 rings (SSSR count). The normalized spacial score (nSPS) is 11.9. The molecule has 0 saturated carbocycles. The summed E-state index contributed by atoms with van der Waals surface area (Å²) in [5, 5.41) is 3.16. The molecule has 0 spiro atoms. The quantitative estimate of drug-likeness (QED) is 0.668. The predicted molar refractivity (Wildman–Crippen MR) is 58.2 cm³/mol. The van der Waals surface area contributed by atoms with Gasteiger partial charge in [-0.05, 0) is 32.7 Å². The van der Waals surface area contributed by atoms with Crippen LogP contribution >= 0.6 is 0 Å². The average molecular weight is 201 g/mol. The van der Waals surface area contributed by atoms with Gasteiger partial charge in [0.05, 0.1) is 6.61 Å². The standard InChI is InChI=1S/C11H23NO2/c1-6-7-12-11(4,5)10(13)14-8-9(2)3/h9,12H,6-8H2,1-5H3. The largest absolute Gasteiger partial charge is 0.464 e. The zero-order valence-electron chi connectivity index (χ0n) is 10.0. The van der Waals surface area contributed by atoms with E-state index >= 15 is 0 Å². The molecule has 3 nitrogen and oxygen atoms in total. The Balaban J connectivity index is 3.94. The maximum absolute atomic E-state index is 11.6. The highest BCUT2D eigenvalue weighted by molar-refractivity contribution is 5.79. The first-order chi connectivity index (χ1) is 6.40. The van der Waals surface area contributed by atoms with Crippen molar-refractivity contribution in [2.24, 2.45) is 5.92 Å². The van der Waals surface area contributed by atoms with E-state index in [1.54, 1.807) is 0 Å². The molecule has 0 aromatic carbocycles. The van der Waals surface area contributed by atoms with Crippen LogP contribution in [0.25, 0.3) is 0 Å². The maximum atomic E-state index is 11.6. The minimum absolute atomic E-state index is 0.167. The number of hydrogen-bond acceptors (Lipinski definition) is 3. The number of carbonyl (C=O) groups excluding carboxylic acids is 1. The Hall–Kier alpha value is -0.570. The van der Waals surface area contributed by atoms with E-state index in [2.05, 4.69) is 12.2 Å². The van der Waals surface area contributed by atoms with Gasteiger partial charge in [0, 0.05) is 0 Å². The Morgan fingerprint density at radius 1 is 1.43 bits per heavy atom. The lowest BCUT2D eigenvalue weighted by molar-refractivity contribution is -0.151. The summed E-state index contributed by atoms with van der Waals surface area (Å²) in [5.74, 6) is 0.223. The van der Waals surface area contributed by atoms with Crippen molar-refractivity contribution >= 4 is 5.97 Å². The van der Waals surface area contributed by atoms with E-state index in [1.807, 2.05) is 27.7 Å². The molecule has 0 aliphatic carbocycles. The lowest BCUT2D eigenvalue weighted by Gasteiger charge is -2.24. The van der Waals surface area contributed by atoms with Crippen molar-refractivity contribution in [3.63, 3.8) is 0 Å². The van der Waals surface area contributed by atoms with E-state index in [0.29, 0.717) is 12.5 Å². The highest BCUT2D eigenvalue weighted by Gasteiger charge is 2.28. The van der Waals surface area contributed by atoms with Crippen LogP contribution in [0.15, 0.2) is 0 Å². The molecule has 3 heteroatoms. The molecule has 1 N–H and O–H groups in total. The number of esters is 1. The molecule has 0 fully saturated rings. The van der Waals surface area contributed by atoms with Gasteiger partial charge in [0.1, 0.15) is 5.54 Å². The number of ether oxygens (including phenoxy) is 1. The fraction of sp³-hybridized carbons (Fsp3) is 0.909. The van der Waals surface area contributed by atoms with Gasteiger partial charge >= 0.3 is 5.97 Å². The maximum Gasteiger partial charge on any atom is 0.325 e. The van der Waals surface area contributed by atoms with Crippen molar-refractivity contribution in [2.45, 2.75) is 46.6 Å². The van der Waals surface area contributed by atoms with Crippen LogP contribution in [0.5, 0.6) is 0 Å². The average Bonchev–Trinajstić information content (AvgIpc) is 2.10. The third-order valence-electron chi connectivity index (χ3n) is 1.88. The van der Waals surface area contributed by atoms with Crippen molar-refractivity contribution in [2.75, 3.05) is 13.2 Å². The second-order valence-corrected chi connectivity index (χ2v) is 4.54. The molecule has 0 aromatic heterocycles. The molecule has 0 saturated heterocycles. The molecular formula is C11H23NO2. The molecule has 0 atom stereocenters. The van der Waals surface area contributed by atoms with Gasteiger partial charge in [-0.2, -0.15) is 0 Å². The Bertz CT molecular complexity index is 176. The van der Waals surface area contributed by atoms with Gasteiger partial charge in [0.2, 0.25) is 0 Å². The summed E-state index contributed by atoms with van der Waals surface area (Å²) in [7, 11) is 0. The SMILES string of the molecule is CCCNC(C)(C)C(=O)OCC(C)C. The van der Waals surface area contributed by atoms with E-state index in [-0.39, 0.29) is 5.97 Å². The second-order valence-electron chi connectivity index (χ2n) is 4.54. The van der Waals surface area contributed by atoms with Gasteiger partial charge < -0.3 is 10.1 Å². The number of hydrogen-bond donors (Lipinski definition) is 1. The summed E-state index contributed by atoms with van der Waals surface area (Å²) in [5.41, 5.74) is -0.565. The second kappa shape index (κ2) is 6.02. The molecule has 0 aliphatic heterocycles. The number of rotatable bonds is 6. The van der Waals surface area contributed by atoms with Crippen molar-refractivity contribution in [3.8, 4) is 0 Å². The smallest absolute Gasteiger partial charge is 0.325 e. The fourth-order valence-electron chi connectivity index (χ4n) is 0.932. The van der Waals surface area contributed by atoms with Gasteiger partial charge in [-0.1, -0.05) is 20.8 Å². The van der Waals surface area contributed by atoms with Crippen LogP contribution in [-0.2, 0) is 9.53 Å². The fourth-order valence-corrected chi connectivity index (χ4v) is 0.932. The minimum Gasteiger partial charge on any atom is -0.464 e. The topological polar surface area (TPSA) is 38.3 Å². The van der Waals surface area contributed by atoms with E-state index < -0.39 is 5.54 Å². The molecule has 84 valence electrons. The molecule has 14 heavy (non-hydrogen) atoms. The molecule has 0 amide bonds. The third kappa shape index (κ3) is 5.22. The van der Waals surface area contributed by atoms with Crippen molar-refractivity contribution in [1.82, 2.24) is 5.32 Å². The lowest BCUT2D eigenvalue weighted by Crippen LogP contribution is -2.48. The van der Waals surface area contributed by atoms with Gasteiger partial charge in [0.15, 0.2) is 0 Å². The van der Waals surface area contributed by atoms with E-state index in [1.165, 1.54) is 0 Å². The minimum atomic E-state index is -0.565. The first kappa shape index (κ1) is 13.4. The van der Waals surface area contributed by atoms with E-state index in [0.717, 1.165) is 13.0 Å². The Morgan fingerprint density at radius 2 is 2.00 bits per heavy atom. The monoisotopic (exact) mass is 201 g/mol. The number of nitrogens with one attached hydrogen (secondary N) is 1. The van der Waals surface area contributed by atoms with Crippen molar-refractivity contribution < 1.29 is 9.53 Å². The third-order valence-corrected chi connectivity index (χ3v) is 1.88. The Labute approximate surface area is 87.2 Å². The molecule has 0 heterocycles. The summed E-state index contributed by atoms with van der Waals surface area (Å²) in [6, 6.07) is 0. The van der Waals surface area contributed by atoms with Crippen LogP contribution in [-0.4, -0.2) is 24.7 Å². The molecule has 0 bridgehead atoms. The molecule has 0 radical (unpaired) electrons. The van der Waals surface area contributed by atoms with Crippen LogP contribution in [0.1, 0.15) is 41.0 Å². The molecule has 0 aliphatic rings. The van der Waals surface area contributed by atoms with Gasteiger partial charge in [0.25, 0.3) is 0 Å². The summed E-state index contributed by atoms with van der Waals surface area (Å²) < 4.78 is 5.16. The van der Waals surface area contributed by atoms with Crippen molar-refractivity contribution in [1.29, 1.82) is 0 Å². The highest BCUT2D eigenvalue weighted by atomic mass is 16.5. The van der Waals surface area contributed by atoms with Gasteiger partial charge in [-0.3, -0.25) is 4.79 Å². The lowest BCUT2D eigenvalue weighted by atomic mass is 10.1. The van der Waals surface area contributed by atoms with Crippen LogP contribution in [0.4, 0.5) is 0 Å². The zero-order valence-corrected chi connectivity index (χ0v) is 10.0. The Morgan fingerprint density at radius 3 is 2.43 bits per heavy atom. The van der Waals surface area contributed by atoms with Gasteiger partial charge in [-0.25, -0.2) is 0 Å². The van der Waals surface area contributed by atoms with E-state index in [4.69, 9.17) is 4.74 Å². The summed E-state index contributed by atoms with van der Waals surface area (Å²) in [4.78, 5) is 11.6. The summed E-state index contributed by atoms with van der Waals surface area (Å²) >= 11 is 0. The number of carbonyl (C=O) groups is 1. The van der Waals surface area contributed by atoms with Crippen molar-refractivity contribution in [3.05, 3.63) is 0 Å². The van der Waals surface area contributed by atoms with Crippen LogP contribution in [0.2, 0.25) is 0 Å². The highest BCUT2D eigenvalue weighted by Crippen LogP contribution is 2.06. The summed E-state index contributed by atoms with van der Waals surface area (Å²) in [6.07, 6.45) is 1.01. The van der Waals surface area contributed by atoms with Crippen LogP contribution in [0, 0.1) is 5.92 Å². The first-order valence-electron chi connectivity index (χ1n) is 5.32. The molecular weight excluding hydrogens is 178 g/mol. The first-order valence-corrected chi connectivity index (χ1v) is 5.32. The molecule has 0 unspecified atom stereocenters. The van der Waals surface area contributed by atoms with E-state index in [9.17, 15) is 4.79 Å². The predicted octanol–water partition coefficient (Wildman–Crippen LogP) is 1.96. The molecule has 0 aromatic rings.